The minimum absolute atomic E-state index is 0.107. The third-order valence-electron chi connectivity index (χ3n) is 5.34. The van der Waals surface area contributed by atoms with Crippen molar-refractivity contribution in [3.63, 3.8) is 0 Å². The molecule has 2 heterocycles. The molecule has 1 aliphatic rings. The van der Waals surface area contributed by atoms with E-state index >= 15 is 0 Å². The van der Waals surface area contributed by atoms with Gasteiger partial charge in [0.05, 0.1) is 18.7 Å². The van der Waals surface area contributed by atoms with E-state index in [1.165, 1.54) is 10.4 Å². The molecule has 2 aromatic rings. The van der Waals surface area contributed by atoms with E-state index in [-0.39, 0.29) is 42.1 Å². The lowest BCUT2D eigenvalue weighted by Gasteiger charge is -2.28. The number of sulfonamides is 1. The fraction of sp³-hybridized carbons (Fsp3) is 0.500. The predicted octanol–water partition coefficient (Wildman–Crippen LogP) is 3.38. The molecule has 0 bridgehead atoms. The van der Waals surface area contributed by atoms with Gasteiger partial charge in [-0.3, -0.25) is 0 Å². The fourth-order valence-corrected chi connectivity index (χ4v) is 5.43. The maximum Gasteiger partial charge on any atom is 0.416 e. The summed E-state index contributed by atoms with van der Waals surface area (Å²) in [5.74, 6) is -0.997. The summed E-state index contributed by atoms with van der Waals surface area (Å²) in [5, 5.41) is 10.1. The van der Waals surface area contributed by atoms with Gasteiger partial charge in [-0.05, 0) is 53.1 Å². The first-order valence-corrected chi connectivity index (χ1v) is 12.2. The highest BCUT2D eigenvalue weighted by molar-refractivity contribution is 14.1. The third-order valence-corrected chi connectivity index (χ3v) is 7.98. The van der Waals surface area contributed by atoms with Crippen molar-refractivity contribution in [3.05, 3.63) is 27.5 Å². The van der Waals surface area contributed by atoms with Crippen LogP contribution in [-0.2, 0) is 19.5 Å². The van der Waals surface area contributed by atoms with Crippen LogP contribution in [0.5, 0.6) is 0 Å². The number of carbonyl (C=O) groups excluding carboxylic acids is 1. The van der Waals surface area contributed by atoms with E-state index in [0.717, 1.165) is 0 Å². The van der Waals surface area contributed by atoms with E-state index in [4.69, 9.17) is 9.47 Å². The van der Waals surface area contributed by atoms with E-state index in [9.17, 15) is 23.1 Å². The van der Waals surface area contributed by atoms with Crippen molar-refractivity contribution in [1.82, 2.24) is 8.87 Å². The normalized spacial score (nSPS) is 16.9. The molecular formula is C20H25IN2O7S. The van der Waals surface area contributed by atoms with Crippen LogP contribution in [0.3, 0.4) is 0 Å². The van der Waals surface area contributed by atoms with Crippen LogP contribution >= 0.6 is 22.6 Å². The first-order valence-electron chi connectivity index (χ1n) is 9.72. The molecule has 1 aromatic carbocycles. The van der Waals surface area contributed by atoms with Gasteiger partial charge in [0.25, 0.3) is 0 Å². The number of carboxylic acid groups (broad SMARTS) is 1. The average Bonchev–Trinajstić information content (AvgIpc) is 3.03. The molecule has 1 fully saturated rings. The molecule has 1 aliphatic heterocycles. The summed E-state index contributed by atoms with van der Waals surface area (Å²) in [6.07, 6.45) is -2.05. The Labute approximate surface area is 194 Å². The number of hydrogen-bond acceptors (Lipinski definition) is 6. The summed E-state index contributed by atoms with van der Waals surface area (Å²) < 4.78 is 40.6. The van der Waals surface area contributed by atoms with Gasteiger partial charge in [0, 0.05) is 22.0 Å². The summed E-state index contributed by atoms with van der Waals surface area (Å²) in [7, 11) is -4.20. The molecule has 170 valence electrons. The number of fused-ring (bicyclic) bond motifs is 1. The highest BCUT2D eigenvalue weighted by Crippen LogP contribution is 2.35. The zero-order valence-corrected chi connectivity index (χ0v) is 20.7. The SMILES string of the molecule is CC(OC(=O)c1c(S(=O)(=O)N2CCOCC2)c2cc(I)ccc2n1C(=O)O)C(C)(C)C. The zero-order chi connectivity index (χ0) is 23.1. The first-order chi connectivity index (χ1) is 14.4. The molecule has 0 saturated carbocycles. The summed E-state index contributed by atoms with van der Waals surface area (Å²) in [4.78, 5) is 25.0. The predicted molar refractivity (Wildman–Crippen MR) is 122 cm³/mol. The van der Waals surface area contributed by atoms with Gasteiger partial charge in [-0.15, -0.1) is 0 Å². The Bertz CT molecular complexity index is 1130. The highest BCUT2D eigenvalue weighted by atomic mass is 127. The van der Waals surface area contributed by atoms with E-state index in [1.807, 2.05) is 43.4 Å². The van der Waals surface area contributed by atoms with Crippen molar-refractivity contribution in [2.45, 2.75) is 38.7 Å². The number of aromatic nitrogens is 1. The number of esters is 1. The van der Waals surface area contributed by atoms with Crippen LogP contribution in [-0.4, -0.2) is 66.9 Å². The average molecular weight is 564 g/mol. The fourth-order valence-electron chi connectivity index (χ4n) is 3.19. The molecule has 0 amide bonds. The van der Waals surface area contributed by atoms with Gasteiger partial charge >= 0.3 is 12.1 Å². The summed E-state index contributed by atoms with van der Waals surface area (Å²) >= 11 is 2.01. The van der Waals surface area contributed by atoms with Crippen LogP contribution in [0.1, 0.15) is 38.2 Å². The van der Waals surface area contributed by atoms with Crippen LogP contribution in [0.15, 0.2) is 23.1 Å². The van der Waals surface area contributed by atoms with Crippen LogP contribution in [0.2, 0.25) is 0 Å². The minimum atomic E-state index is -4.20. The molecule has 0 spiro atoms. The number of carbonyl (C=O) groups is 2. The third kappa shape index (κ3) is 4.59. The topological polar surface area (TPSA) is 115 Å². The van der Waals surface area contributed by atoms with Gasteiger partial charge in [0.1, 0.15) is 11.0 Å². The van der Waals surface area contributed by atoms with E-state index in [1.54, 1.807) is 19.1 Å². The van der Waals surface area contributed by atoms with Crippen LogP contribution < -0.4 is 0 Å². The molecule has 9 nitrogen and oxygen atoms in total. The molecule has 1 atom stereocenters. The Hall–Kier alpha value is -1.70. The van der Waals surface area contributed by atoms with Gasteiger partial charge in [0.2, 0.25) is 10.0 Å². The number of hydrogen-bond donors (Lipinski definition) is 1. The Kier molecular flexibility index (Phi) is 6.71. The Morgan fingerprint density at radius 2 is 1.84 bits per heavy atom. The number of morpholine rings is 1. The first kappa shape index (κ1) is 24.0. The molecular weight excluding hydrogens is 539 g/mol. The molecule has 31 heavy (non-hydrogen) atoms. The molecule has 0 aliphatic carbocycles. The lowest BCUT2D eigenvalue weighted by molar-refractivity contribution is 0.00337. The maximum atomic E-state index is 13.6. The van der Waals surface area contributed by atoms with Gasteiger partial charge in [-0.2, -0.15) is 4.31 Å². The lowest BCUT2D eigenvalue weighted by Crippen LogP contribution is -2.41. The van der Waals surface area contributed by atoms with Gasteiger partial charge in [0.15, 0.2) is 5.69 Å². The van der Waals surface area contributed by atoms with Gasteiger partial charge in [-0.25, -0.2) is 22.6 Å². The number of ether oxygens (including phenoxy) is 2. The quantitative estimate of drug-likeness (QED) is 0.447. The van der Waals surface area contributed by atoms with Crippen LogP contribution in [0, 0.1) is 8.99 Å². The molecule has 1 unspecified atom stereocenters. The number of nitrogens with zero attached hydrogens (tertiary/aromatic N) is 2. The van der Waals surface area contributed by atoms with Crippen molar-refractivity contribution < 1.29 is 32.6 Å². The maximum absolute atomic E-state index is 13.6. The molecule has 11 heteroatoms. The van der Waals surface area contributed by atoms with Crippen molar-refractivity contribution in [1.29, 1.82) is 0 Å². The second kappa shape index (κ2) is 8.68. The van der Waals surface area contributed by atoms with Crippen molar-refractivity contribution in [2.75, 3.05) is 26.3 Å². The Morgan fingerprint density at radius 3 is 2.39 bits per heavy atom. The summed E-state index contributed by atoms with van der Waals surface area (Å²) in [6, 6.07) is 4.71. The number of rotatable bonds is 4. The monoisotopic (exact) mass is 564 g/mol. The second-order valence-electron chi connectivity index (χ2n) is 8.39. The largest absolute Gasteiger partial charge is 0.464 e. The van der Waals surface area contributed by atoms with Crippen molar-refractivity contribution in [3.8, 4) is 0 Å². The van der Waals surface area contributed by atoms with Crippen LogP contribution in [0.4, 0.5) is 4.79 Å². The molecule has 3 rings (SSSR count). The Morgan fingerprint density at radius 1 is 1.23 bits per heavy atom. The van der Waals surface area contributed by atoms with Crippen molar-refractivity contribution >= 4 is 55.6 Å². The van der Waals surface area contributed by atoms with E-state index in [0.29, 0.717) is 8.14 Å². The minimum Gasteiger partial charge on any atom is -0.464 e. The molecule has 1 saturated heterocycles. The molecule has 1 N–H and O–H groups in total. The van der Waals surface area contributed by atoms with E-state index in [2.05, 4.69) is 0 Å². The lowest BCUT2D eigenvalue weighted by atomic mass is 9.90. The van der Waals surface area contributed by atoms with Gasteiger partial charge < -0.3 is 14.6 Å². The molecule has 1 aromatic heterocycles. The highest BCUT2D eigenvalue weighted by Gasteiger charge is 2.39. The summed E-state index contributed by atoms with van der Waals surface area (Å²) in [6.45, 7) is 7.94. The van der Waals surface area contributed by atoms with Gasteiger partial charge in [-0.1, -0.05) is 20.8 Å². The number of halogens is 1. The van der Waals surface area contributed by atoms with Crippen molar-refractivity contribution in [2.24, 2.45) is 5.41 Å². The zero-order valence-electron chi connectivity index (χ0n) is 17.7. The second-order valence-corrected chi connectivity index (χ2v) is 11.5. The van der Waals surface area contributed by atoms with E-state index < -0.39 is 39.3 Å². The smallest absolute Gasteiger partial charge is 0.416 e. The standard InChI is InChI=1S/C20H25IN2O7S/c1-12(20(2,3)4)30-18(24)16-17(31(27,28)22-7-9-29-10-8-22)14-11-13(21)5-6-15(14)23(16)19(25)26/h5-6,11-12H,7-10H2,1-4H3,(H,25,26). The van der Waals surface area contributed by atoms with Crippen LogP contribution in [0.25, 0.3) is 10.9 Å². The Balaban J connectivity index is 2.31. The molecule has 0 radical (unpaired) electrons. The summed E-state index contributed by atoms with van der Waals surface area (Å²) in [5.41, 5.74) is -0.823. The number of benzene rings is 1.